The van der Waals surface area contributed by atoms with Gasteiger partial charge in [0.1, 0.15) is 0 Å². The van der Waals surface area contributed by atoms with Gasteiger partial charge >= 0.3 is 0 Å². The molecule has 2 aromatic rings. The van der Waals surface area contributed by atoms with E-state index in [4.69, 9.17) is 0 Å². The minimum atomic E-state index is -0.211. The number of para-hydroxylation sites is 1. The fourth-order valence-electron chi connectivity index (χ4n) is 2.31. The van der Waals surface area contributed by atoms with E-state index in [-0.39, 0.29) is 18.6 Å². The molecule has 0 aliphatic heterocycles. The van der Waals surface area contributed by atoms with Crippen LogP contribution in [-0.2, 0) is 4.79 Å². The summed E-state index contributed by atoms with van der Waals surface area (Å²) in [4.78, 5) is 11.9. The maximum Gasteiger partial charge on any atom is 0.244 e. The van der Waals surface area contributed by atoms with Crippen molar-refractivity contribution in [2.45, 2.75) is 26.3 Å². The van der Waals surface area contributed by atoms with Crippen LogP contribution in [0.25, 0.3) is 11.8 Å². The van der Waals surface area contributed by atoms with Crippen LogP contribution in [0.3, 0.4) is 0 Å². The van der Waals surface area contributed by atoms with Crippen LogP contribution in [0.4, 0.5) is 0 Å². The standard InChI is InChI=1S/C18H23N3O2/c1-14(2)10-16(13-22)20-18(23)9-8-15-11-19-21(12-15)17-6-4-3-5-7-17/h3-9,11-12,14,16,22H,10,13H2,1-2H3,(H,20,23)/b9-8+. The molecular weight excluding hydrogens is 290 g/mol. The molecule has 0 fully saturated rings. The Balaban J connectivity index is 1.95. The zero-order valence-corrected chi connectivity index (χ0v) is 13.5. The molecule has 0 spiro atoms. The van der Waals surface area contributed by atoms with Gasteiger partial charge in [-0.05, 0) is 30.5 Å². The maximum absolute atomic E-state index is 11.9. The van der Waals surface area contributed by atoms with Crippen LogP contribution >= 0.6 is 0 Å². The van der Waals surface area contributed by atoms with E-state index in [9.17, 15) is 9.90 Å². The number of nitrogens with one attached hydrogen (secondary N) is 1. The zero-order valence-electron chi connectivity index (χ0n) is 13.5. The van der Waals surface area contributed by atoms with Crippen molar-refractivity contribution in [3.8, 4) is 5.69 Å². The summed E-state index contributed by atoms with van der Waals surface area (Å²) in [5.74, 6) is 0.206. The van der Waals surface area contributed by atoms with E-state index < -0.39 is 0 Å². The topological polar surface area (TPSA) is 67.2 Å². The maximum atomic E-state index is 11.9. The Hall–Kier alpha value is -2.40. The largest absolute Gasteiger partial charge is 0.394 e. The van der Waals surface area contributed by atoms with Crippen LogP contribution < -0.4 is 5.32 Å². The number of nitrogens with zero attached hydrogens (tertiary/aromatic N) is 2. The molecule has 5 heteroatoms. The molecule has 1 unspecified atom stereocenters. The highest BCUT2D eigenvalue weighted by molar-refractivity contribution is 5.91. The number of benzene rings is 1. The predicted octanol–water partition coefficient (Wildman–Crippen LogP) is 2.41. The summed E-state index contributed by atoms with van der Waals surface area (Å²) >= 11 is 0. The molecule has 1 aromatic carbocycles. The number of carbonyl (C=O) groups excluding carboxylic acids is 1. The summed E-state index contributed by atoms with van der Waals surface area (Å²) in [6.45, 7) is 4.06. The van der Waals surface area contributed by atoms with Crippen LogP contribution in [0.15, 0.2) is 48.8 Å². The molecule has 2 rings (SSSR count). The van der Waals surface area contributed by atoms with Crippen molar-refractivity contribution in [1.29, 1.82) is 0 Å². The normalized spacial score (nSPS) is 12.7. The molecule has 0 saturated heterocycles. The monoisotopic (exact) mass is 313 g/mol. The Morgan fingerprint density at radius 2 is 2.09 bits per heavy atom. The average molecular weight is 313 g/mol. The van der Waals surface area contributed by atoms with E-state index in [1.807, 2.05) is 36.5 Å². The molecule has 23 heavy (non-hydrogen) atoms. The van der Waals surface area contributed by atoms with E-state index in [1.165, 1.54) is 6.08 Å². The number of aromatic nitrogens is 2. The van der Waals surface area contributed by atoms with Gasteiger partial charge in [-0.2, -0.15) is 5.10 Å². The second-order valence-corrected chi connectivity index (χ2v) is 5.90. The second-order valence-electron chi connectivity index (χ2n) is 5.90. The minimum absolute atomic E-state index is 0.0519. The van der Waals surface area contributed by atoms with Crippen LogP contribution in [0.1, 0.15) is 25.8 Å². The average Bonchev–Trinajstić information content (AvgIpc) is 3.01. The lowest BCUT2D eigenvalue weighted by atomic mass is 10.0. The lowest BCUT2D eigenvalue weighted by Gasteiger charge is -2.16. The minimum Gasteiger partial charge on any atom is -0.394 e. The molecule has 122 valence electrons. The van der Waals surface area contributed by atoms with Crippen molar-refractivity contribution in [3.05, 3.63) is 54.4 Å². The van der Waals surface area contributed by atoms with Gasteiger partial charge in [-0.25, -0.2) is 4.68 Å². The van der Waals surface area contributed by atoms with E-state index >= 15 is 0 Å². The number of hydrogen-bond donors (Lipinski definition) is 2. The van der Waals surface area contributed by atoms with Crippen molar-refractivity contribution in [2.75, 3.05) is 6.61 Å². The molecule has 0 aliphatic rings. The zero-order chi connectivity index (χ0) is 16.7. The highest BCUT2D eigenvalue weighted by Crippen LogP contribution is 2.09. The van der Waals surface area contributed by atoms with Gasteiger partial charge in [-0.1, -0.05) is 32.0 Å². The van der Waals surface area contributed by atoms with Gasteiger partial charge in [-0.15, -0.1) is 0 Å². The number of aliphatic hydroxyl groups excluding tert-OH is 1. The summed E-state index contributed by atoms with van der Waals surface area (Å²) < 4.78 is 1.76. The smallest absolute Gasteiger partial charge is 0.244 e. The molecule has 5 nitrogen and oxygen atoms in total. The van der Waals surface area contributed by atoms with Crippen molar-refractivity contribution < 1.29 is 9.90 Å². The Morgan fingerprint density at radius 3 is 2.74 bits per heavy atom. The molecule has 1 amide bonds. The first-order valence-corrected chi connectivity index (χ1v) is 7.78. The van der Waals surface area contributed by atoms with Gasteiger partial charge in [0.25, 0.3) is 0 Å². The second kappa shape index (κ2) is 8.29. The summed E-state index contributed by atoms with van der Waals surface area (Å²) in [5.41, 5.74) is 1.81. The molecule has 0 aliphatic carbocycles. The first kappa shape index (κ1) is 17.0. The van der Waals surface area contributed by atoms with E-state index in [2.05, 4.69) is 24.3 Å². The fourth-order valence-corrected chi connectivity index (χ4v) is 2.31. The van der Waals surface area contributed by atoms with Crippen LogP contribution in [0.2, 0.25) is 0 Å². The number of hydrogen-bond acceptors (Lipinski definition) is 3. The predicted molar refractivity (Wildman–Crippen MR) is 91.1 cm³/mol. The third-order valence-electron chi connectivity index (χ3n) is 3.37. The Bertz CT molecular complexity index is 647. The van der Waals surface area contributed by atoms with Gasteiger partial charge in [0.2, 0.25) is 5.91 Å². The molecule has 1 atom stereocenters. The Kier molecular flexibility index (Phi) is 6.11. The number of carbonyl (C=O) groups is 1. The lowest BCUT2D eigenvalue weighted by molar-refractivity contribution is -0.117. The first-order chi connectivity index (χ1) is 11.1. The summed E-state index contributed by atoms with van der Waals surface area (Å²) in [6.07, 6.45) is 7.49. The summed E-state index contributed by atoms with van der Waals surface area (Å²) in [6, 6.07) is 9.56. The first-order valence-electron chi connectivity index (χ1n) is 7.78. The molecule has 1 aromatic heterocycles. The number of aliphatic hydroxyl groups is 1. The summed E-state index contributed by atoms with van der Waals surface area (Å²) in [5, 5.41) is 16.4. The van der Waals surface area contributed by atoms with Crippen molar-refractivity contribution in [3.63, 3.8) is 0 Å². The quantitative estimate of drug-likeness (QED) is 0.771. The fraction of sp³-hybridized carbons (Fsp3) is 0.333. The van der Waals surface area contributed by atoms with Gasteiger partial charge in [0.05, 0.1) is 24.5 Å². The molecule has 0 bridgehead atoms. The van der Waals surface area contributed by atoms with Gasteiger partial charge in [0.15, 0.2) is 0 Å². The molecular formula is C18H23N3O2. The lowest BCUT2D eigenvalue weighted by Crippen LogP contribution is -2.37. The van der Waals surface area contributed by atoms with E-state index in [1.54, 1.807) is 17.0 Å². The van der Waals surface area contributed by atoms with E-state index in [0.717, 1.165) is 17.7 Å². The molecule has 2 N–H and O–H groups in total. The van der Waals surface area contributed by atoms with Crippen LogP contribution in [-0.4, -0.2) is 33.4 Å². The van der Waals surface area contributed by atoms with Gasteiger partial charge in [-0.3, -0.25) is 4.79 Å². The highest BCUT2D eigenvalue weighted by atomic mass is 16.3. The third kappa shape index (κ3) is 5.38. The highest BCUT2D eigenvalue weighted by Gasteiger charge is 2.11. The van der Waals surface area contributed by atoms with E-state index in [0.29, 0.717) is 5.92 Å². The molecule has 0 saturated carbocycles. The van der Waals surface area contributed by atoms with Crippen molar-refractivity contribution in [1.82, 2.24) is 15.1 Å². The van der Waals surface area contributed by atoms with Crippen molar-refractivity contribution >= 4 is 12.0 Å². The third-order valence-corrected chi connectivity index (χ3v) is 3.37. The Labute approximate surface area is 136 Å². The number of rotatable bonds is 7. The van der Waals surface area contributed by atoms with Crippen molar-refractivity contribution in [2.24, 2.45) is 5.92 Å². The van der Waals surface area contributed by atoms with Crippen LogP contribution in [0.5, 0.6) is 0 Å². The molecule has 0 radical (unpaired) electrons. The molecule has 1 heterocycles. The summed E-state index contributed by atoms with van der Waals surface area (Å²) in [7, 11) is 0. The SMILES string of the molecule is CC(C)CC(CO)NC(=O)/C=C/c1cnn(-c2ccccc2)c1. The van der Waals surface area contributed by atoms with Crippen LogP contribution in [0, 0.1) is 5.92 Å². The van der Waals surface area contributed by atoms with Gasteiger partial charge in [0, 0.05) is 17.8 Å². The van der Waals surface area contributed by atoms with Gasteiger partial charge < -0.3 is 10.4 Å². The Morgan fingerprint density at radius 1 is 1.35 bits per heavy atom. The number of amides is 1.